The molecule has 1 amide bonds. The Hall–Kier alpha value is -1.55. The van der Waals surface area contributed by atoms with Gasteiger partial charge in [-0.3, -0.25) is 4.79 Å². The fraction of sp³-hybridized carbons (Fsp3) is 0.500. The Bertz CT molecular complexity index is 421. The standard InChI is InChI=1S/C14H19NO3/c1-11-5-2-3-6-12(11)18-9-13(17)15-14(10-16)7-4-8-14/h2-3,5-6,16H,4,7-10H2,1H3,(H,15,17). The molecule has 0 aromatic heterocycles. The van der Waals surface area contributed by atoms with Crippen molar-refractivity contribution < 1.29 is 14.6 Å². The van der Waals surface area contributed by atoms with Gasteiger partial charge in [0.2, 0.25) is 0 Å². The number of hydrogen-bond acceptors (Lipinski definition) is 3. The van der Waals surface area contributed by atoms with Crippen molar-refractivity contribution >= 4 is 5.91 Å². The molecule has 18 heavy (non-hydrogen) atoms. The van der Waals surface area contributed by atoms with E-state index in [0.29, 0.717) is 0 Å². The number of aliphatic hydroxyl groups is 1. The van der Waals surface area contributed by atoms with Crippen molar-refractivity contribution in [3.8, 4) is 5.75 Å². The maximum absolute atomic E-state index is 11.7. The monoisotopic (exact) mass is 249 g/mol. The number of benzene rings is 1. The summed E-state index contributed by atoms with van der Waals surface area (Å²) in [5.41, 5.74) is 0.609. The maximum atomic E-state index is 11.7. The van der Waals surface area contributed by atoms with E-state index in [2.05, 4.69) is 5.32 Å². The zero-order valence-electron chi connectivity index (χ0n) is 10.6. The smallest absolute Gasteiger partial charge is 0.258 e. The SMILES string of the molecule is Cc1ccccc1OCC(=O)NC1(CO)CCC1. The number of para-hydroxylation sites is 1. The summed E-state index contributed by atoms with van der Waals surface area (Å²) in [6.07, 6.45) is 2.75. The van der Waals surface area contributed by atoms with Crippen LogP contribution in [0.1, 0.15) is 24.8 Å². The van der Waals surface area contributed by atoms with Crippen LogP contribution in [0.4, 0.5) is 0 Å². The van der Waals surface area contributed by atoms with Crippen LogP contribution in [0, 0.1) is 6.92 Å². The number of hydrogen-bond donors (Lipinski definition) is 2. The van der Waals surface area contributed by atoms with Crippen LogP contribution in [0.2, 0.25) is 0 Å². The molecule has 4 heteroatoms. The fourth-order valence-corrected chi connectivity index (χ4v) is 2.12. The third kappa shape index (κ3) is 2.82. The molecular formula is C14H19NO3. The van der Waals surface area contributed by atoms with Crippen LogP contribution in [0.3, 0.4) is 0 Å². The number of nitrogens with one attached hydrogen (secondary N) is 1. The van der Waals surface area contributed by atoms with E-state index >= 15 is 0 Å². The summed E-state index contributed by atoms with van der Waals surface area (Å²) < 4.78 is 5.46. The molecule has 0 saturated heterocycles. The third-order valence-electron chi connectivity index (χ3n) is 3.47. The molecule has 0 heterocycles. The number of ether oxygens (including phenoxy) is 1. The lowest BCUT2D eigenvalue weighted by molar-refractivity contribution is -0.127. The second-order valence-corrected chi connectivity index (χ2v) is 4.89. The molecule has 0 spiro atoms. The van der Waals surface area contributed by atoms with Crippen molar-refractivity contribution in [3.63, 3.8) is 0 Å². The highest BCUT2D eigenvalue weighted by molar-refractivity contribution is 5.78. The average Bonchev–Trinajstić information content (AvgIpc) is 2.33. The molecule has 1 saturated carbocycles. The molecule has 1 aromatic rings. The van der Waals surface area contributed by atoms with Crippen LogP contribution in [-0.4, -0.2) is 29.8 Å². The second kappa shape index (κ2) is 5.40. The van der Waals surface area contributed by atoms with E-state index in [0.717, 1.165) is 30.6 Å². The quantitative estimate of drug-likeness (QED) is 0.829. The van der Waals surface area contributed by atoms with Gasteiger partial charge in [0, 0.05) is 0 Å². The van der Waals surface area contributed by atoms with Crippen LogP contribution in [0.25, 0.3) is 0 Å². The van der Waals surface area contributed by atoms with Crippen LogP contribution < -0.4 is 10.1 Å². The van der Waals surface area contributed by atoms with Gasteiger partial charge in [-0.2, -0.15) is 0 Å². The van der Waals surface area contributed by atoms with Crippen LogP contribution in [0.5, 0.6) is 5.75 Å². The van der Waals surface area contributed by atoms with Gasteiger partial charge < -0.3 is 15.2 Å². The van der Waals surface area contributed by atoms with Crippen LogP contribution in [-0.2, 0) is 4.79 Å². The van der Waals surface area contributed by atoms with Gasteiger partial charge >= 0.3 is 0 Å². The molecule has 0 bridgehead atoms. The van der Waals surface area contributed by atoms with Gasteiger partial charge in [-0.25, -0.2) is 0 Å². The van der Waals surface area contributed by atoms with Crippen molar-refractivity contribution in [2.45, 2.75) is 31.7 Å². The van der Waals surface area contributed by atoms with Crippen molar-refractivity contribution in [3.05, 3.63) is 29.8 Å². The lowest BCUT2D eigenvalue weighted by Crippen LogP contribution is -2.57. The van der Waals surface area contributed by atoms with Gasteiger partial charge in [0.15, 0.2) is 6.61 Å². The van der Waals surface area contributed by atoms with E-state index in [1.54, 1.807) is 0 Å². The number of aryl methyl sites for hydroxylation is 1. The van der Waals surface area contributed by atoms with Gasteiger partial charge in [-0.1, -0.05) is 18.2 Å². The second-order valence-electron chi connectivity index (χ2n) is 4.89. The van der Waals surface area contributed by atoms with Gasteiger partial charge in [-0.05, 0) is 37.8 Å². The fourth-order valence-electron chi connectivity index (χ4n) is 2.12. The van der Waals surface area contributed by atoms with E-state index < -0.39 is 5.54 Å². The average molecular weight is 249 g/mol. The third-order valence-corrected chi connectivity index (χ3v) is 3.47. The number of carbonyl (C=O) groups is 1. The zero-order valence-corrected chi connectivity index (χ0v) is 10.6. The Balaban J connectivity index is 1.83. The molecule has 1 aliphatic rings. The molecule has 4 nitrogen and oxygen atoms in total. The predicted octanol–water partition coefficient (Wildman–Crippen LogP) is 1.41. The minimum absolute atomic E-state index is 0.00308. The van der Waals surface area contributed by atoms with Crippen LogP contribution >= 0.6 is 0 Å². The molecule has 98 valence electrons. The predicted molar refractivity (Wildman–Crippen MR) is 68.5 cm³/mol. The van der Waals surface area contributed by atoms with Gasteiger partial charge in [0.25, 0.3) is 5.91 Å². The largest absolute Gasteiger partial charge is 0.484 e. The molecule has 0 unspecified atom stereocenters. The van der Waals surface area contributed by atoms with Crippen molar-refractivity contribution in [1.29, 1.82) is 0 Å². The highest BCUT2D eigenvalue weighted by Crippen LogP contribution is 2.31. The van der Waals surface area contributed by atoms with Crippen LogP contribution in [0.15, 0.2) is 24.3 Å². The molecular weight excluding hydrogens is 230 g/mol. The lowest BCUT2D eigenvalue weighted by Gasteiger charge is -2.40. The van der Waals surface area contributed by atoms with Crippen molar-refractivity contribution in [1.82, 2.24) is 5.32 Å². The number of amides is 1. The number of rotatable bonds is 5. The lowest BCUT2D eigenvalue weighted by atomic mass is 9.77. The summed E-state index contributed by atoms with van der Waals surface area (Å²) in [7, 11) is 0. The Kier molecular flexibility index (Phi) is 3.87. The summed E-state index contributed by atoms with van der Waals surface area (Å²) in [5.74, 6) is 0.548. The van der Waals surface area contributed by atoms with E-state index in [1.807, 2.05) is 31.2 Å². The Morgan fingerprint density at radius 3 is 2.72 bits per heavy atom. The summed E-state index contributed by atoms with van der Waals surface area (Å²) >= 11 is 0. The first-order chi connectivity index (χ1) is 8.65. The Labute approximate surface area is 107 Å². The maximum Gasteiger partial charge on any atom is 0.258 e. The minimum Gasteiger partial charge on any atom is -0.484 e. The normalized spacial score (nSPS) is 16.8. The molecule has 2 rings (SSSR count). The summed E-state index contributed by atoms with van der Waals surface area (Å²) in [5, 5.41) is 12.1. The summed E-state index contributed by atoms with van der Waals surface area (Å²) in [4.78, 5) is 11.7. The van der Waals surface area contributed by atoms with E-state index in [-0.39, 0.29) is 19.1 Å². The topological polar surface area (TPSA) is 58.6 Å². The van der Waals surface area contributed by atoms with E-state index in [4.69, 9.17) is 4.74 Å². The number of aliphatic hydroxyl groups excluding tert-OH is 1. The molecule has 0 radical (unpaired) electrons. The Morgan fingerprint density at radius 2 is 2.17 bits per heavy atom. The molecule has 1 aliphatic carbocycles. The minimum atomic E-state index is -0.397. The number of carbonyl (C=O) groups excluding carboxylic acids is 1. The highest BCUT2D eigenvalue weighted by Gasteiger charge is 2.37. The molecule has 0 atom stereocenters. The van der Waals surface area contributed by atoms with Crippen molar-refractivity contribution in [2.75, 3.05) is 13.2 Å². The van der Waals surface area contributed by atoms with Gasteiger partial charge in [-0.15, -0.1) is 0 Å². The van der Waals surface area contributed by atoms with Crippen molar-refractivity contribution in [2.24, 2.45) is 0 Å². The van der Waals surface area contributed by atoms with Gasteiger partial charge in [0.1, 0.15) is 5.75 Å². The molecule has 1 fully saturated rings. The zero-order chi connectivity index (χ0) is 13.0. The molecule has 0 aliphatic heterocycles. The van der Waals surface area contributed by atoms with E-state index in [1.165, 1.54) is 0 Å². The summed E-state index contributed by atoms with van der Waals surface area (Å²) in [6.45, 7) is 1.93. The molecule has 2 N–H and O–H groups in total. The first kappa shape index (κ1) is 12.9. The molecule has 1 aromatic carbocycles. The van der Waals surface area contributed by atoms with E-state index in [9.17, 15) is 9.90 Å². The highest BCUT2D eigenvalue weighted by atomic mass is 16.5. The summed E-state index contributed by atoms with van der Waals surface area (Å²) in [6, 6.07) is 7.58. The Morgan fingerprint density at radius 1 is 1.44 bits per heavy atom. The first-order valence-electron chi connectivity index (χ1n) is 6.25. The van der Waals surface area contributed by atoms with Gasteiger partial charge in [0.05, 0.1) is 12.1 Å². The first-order valence-corrected chi connectivity index (χ1v) is 6.25.